The summed E-state index contributed by atoms with van der Waals surface area (Å²) in [5.74, 6) is -2.59. The Kier molecular flexibility index (Phi) is 7.72. The zero-order chi connectivity index (χ0) is 22.5. The molecular formula is C16H19BF3NO8S. The summed E-state index contributed by atoms with van der Waals surface area (Å²) in [6.07, 6.45) is -5.39. The second kappa shape index (κ2) is 9.66. The van der Waals surface area contributed by atoms with Crippen LogP contribution in [0.1, 0.15) is 35.2 Å². The molecule has 0 bridgehead atoms. The number of hydrogen-bond donors (Lipinski definition) is 2. The average Bonchev–Trinajstić information content (AvgIpc) is 2.59. The van der Waals surface area contributed by atoms with Crippen LogP contribution in [0.25, 0.3) is 0 Å². The first-order chi connectivity index (χ1) is 13.9. The molecule has 1 heterocycles. The highest BCUT2D eigenvalue weighted by Gasteiger charge is 2.38. The normalized spacial score (nSPS) is 16.4. The second-order valence-electron chi connectivity index (χ2n) is 6.52. The summed E-state index contributed by atoms with van der Waals surface area (Å²) in [5.41, 5.74) is 0.331. The molecule has 14 heteroatoms. The van der Waals surface area contributed by atoms with Gasteiger partial charge in [0.25, 0.3) is 10.1 Å². The summed E-state index contributed by atoms with van der Waals surface area (Å²) in [5, 5.41) is 12.5. The molecule has 0 unspecified atom stereocenters. The van der Waals surface area contributed by atoms with Crippen LogP contribution in [-0.2, 0) is 30.3 Å². The van der Waals surface area contributed by atoms with Crippen LogP contribution in [-0.4, -0.2) is 57.6 Å². The Morgan fingerprint density at radius 3 is 2.70 bits per heavy atom. The van der Waals surface area contributed by atoms with Crippen LogP contribution in [0.15, 0.2) is 18.2 Å². The van der Waals surface area contributed by atoms with Crippen molar-refractivity contribution in [2.75, 3.05) is 13.0 Å². The lowest BCUT2D eigenvalue weighted by Crippen LogP contribution is -2.53. The Balaban J connectivity index is 1.99. The number of halogens is 3. The number of nitrogens with one attached hydrogen (secondary N) is 1. The highest BCUT2D eigenvalue weighted by molar-refractivity contribution is 7.85. The van der Waals surface area contributed by atoms with Gasteiger partial charge in [0.2, 0.25) is 12.7 Å². The predicted octanol–water partition coefficient (Wildman–Crippen LogP) is 0.949. The van der Waals surface area contributed by atoms with E-state index in [1.165, 1.54) is 12.1 Å². The smallest absolute Gasteiger partial charge is 0.534 e. The first kappa shape index (κ1) is 24.0. The largest absolute Gasteiger partial charge is 0.547 e. The molecule has 1 amide bonds. The van der Waals surface area contributed by atoms with E-state index in [1.54, 1.807) is 6.07 Å². The topological polar surface area (TPSA) is 128 Å². The number of esters is 1. The first-order valence-corrected chi connectivity index (χ1v) is 10.5. The van der Waals surface area contributed by atoms with Gasteiger partial charge in [-0.3, -0.25) is 4.79 Å². The predicted molar refractivity (Wildman–Crippen MR) is 96.8 cm³/mol. The monoisotopic (exact) mass is 453 g/mol. The van der Waals surface area contributed by atoms with Gasteiger partial charge in [0.15, 0.2) is 0 Å². The highest BCUT2D eigenvalue weighted by Crippen LogP contribution is 2.31. The molecule has 0 saturated carbocycles. The van der Waals surface area contributed by atoms with Crippen molar-refractivity contribution in [2.24, 2.45) is 0 Å². The lowest BCUT2D eigenvalue weighted by atomic mass is 9.72. The van der Waals surface area contributed by atoms with Gasteiger partial charge >= 0.3 is 19.3 Å². The number of benzene rings is 1. The fourth-order valence-corrected chi connectivity index (χ4v) is 2.90. The molecule has 1 aromatic rings. The Morgan fingerprint density at radius 2 is 2.07 bits per heavy atom. The molecule has 0 saturated heterocycles. The van der Waals surface area contributed by atoms with Crippen molar-refractivity contribution in [3.05, 3.63) is 29.3 Å². The number of amides is 1. The van der Waals surface area contributed by atoms with E-state index in [2.05, 4.69) is 9.50 Å². The third kappa shape index (κ3) is 7.50. The van der Waals surface area contributed by atoms with Crippen LogP contribution < -0.4 is 9.97 Å². The van der Waals surface area contributed by atoms with Crippen LogP contribution in [0.4, 0.5) is 13.2 Å². The molecule has 1 atom stereocenters. The van der Waals surface area contributed by atoms with E-state index in [0.29, 0.717) is 5.56 Å². The molecule has 2 N–H and O–H groups in total. The van der Waals surface area contributed by atoms with Gasteiger partial charge < -0.3 is 19.7 Å². The molecule has 1 aromatic carbocycles. The number of fused-ring (bicyclic) bond motifs is 1. The lowest BCUT2D eigenvalue weighted by molar-refractivity contribution is -0.137. The van der Waals surface area contributed by atoms with E-state index >= 15 is 0 Å². The van der Waals surface area contributed by atoms with Crippen molar-refractivity contribution in [3.8, 4) is 5.75 Å². The number of para-hydroxylation sites is 1. The van der Waals surface area contributed by atoms with Gasteiger partial charge in [-0.05, 0) is 24.5 Å². The second-order valence-corrected chi connectivity index (χ2v) is 8.16. The molecule has 0 aliphatic carbocycles. The van der Waals surface area contributed by atoms with Crippen LogP contribution in [0.2, 0.25) is 0 Å². The maximum absolute atomic E-state index is 12.2. The Labute approximate surface area is 170 Å². The van der Waals surface area contributed by atoms with Crippen LogP contribution in [0, 0.1) is 0 Å². The third-order valence-corrected chi connectivity index (χ3v) is 4.53. The van der Waals surface area contributed by atoms with E-state index in [9.17, 15) is 36.2 Å². The molecule has 0 aromatic heterocycles. The zero-order valence-electron chi connectivity index (χ0n) is 15.8. The molecule has 1 aliphatic rings. The minimum atomic E-state index is -4.36. The zero-order valence-corrected chi connectivity index (χ0v) is 16.6. The number of carbonyl (C=O) groups excluding carboxylic acids is 2. The minimum absolute atomic E-state index is 0.0167. The van der Waals surface area contributed by atoms with Gasteiger partial charge in [0.1, 0.15) is 11.3 Å². The summed E-state index contributed by atoms with van der Waals surface area (Å²) >= 11 is 0. The highest BCUT2D eigenvalue weighted by atomic mass is 32.2. The molecule has 9 nitrogen and oxygen atoms in total. The quantitative estimate of drug-likeness (QED) is 0.258. The lowest BCUT2D eigenvalue weighted by Gasteiger charge is -2.29. The van der Waals surface area contributed by atoms with Gasteiger partial charge in [0.05, 0.1) is 12.2 Å². The fourth-order valence-electron chi connectivity index (χ4n) is 2.68. The SMILES string of the molecule is CS(=O)(=O)OCOC(=O)c1cccc2c1OB(O)[C@@H](NC(=O)CCCC(F)(F)F)C2. The maximum Gasteiger partial charge on any atom is 0.547 e. The van der Waals surface area contributed by atoms with Gasteiger partial charge in [-0.15, -0.1) is 0 Å². The number of carbonyl (C=O) groups is 2. The number of ether oxygens (including phenoxy) is 1. The molecule has 2 rings (SSSR count). The minimum Gasteiger partial charge on any atom is -0.534 e. The number of rotatable bonds is 8. The molecule has 0 spiro atoms. The third-order valence-electron chi connectivity index (χ3n) is 4.00. The molecule has 0 fully saturated rings. The molecule has 30 heavy (non-hydrogen) atoms. The van der Waals surface area contributed by atoms with E-state index in [4.69, 9.17) is 9.39 Å². The molecule has 1 aliphatic heterocycles. The fraction of sp³-hybridized carbons (Fsp3) is 0.500. The van der Waals surface area contributed by atoms with Gasteiger partial charge in [0, 0.05) is 12.8 Å². The van der Waals surface area contributed by atoms with Crippen molar-refractivity contribution in [1.29, 1.82) is 0 Å². The maximum atomic E-state index is 12.2. The summed E-state index contributed by atoms with van der Waals surface area (Å²) < 4.78 is 72.6. The average molecular weight is 453 g/mol. The van der Waals surface area contributed by atoms with Crippen molar-refractivity contribution in [1.82, 2.24) is 5.32 Å². The number of alkyl halides is 3. The summed E-state index contributed by atoms with van der Waals surface area (Å²) in [6.45, 7) is -0.847. The summed E-state index contributed by atoms with van der Waals surface area (Å²) in [6, 6.07) is 4.37. The van der Waals surface area contributed by atoms with E-state index in [-0.39, 0.29) is 30.6 Å². The Morgan fingerprint density at radius 1 is 1.37 bits per heavy atom. The Bertz CT molecular complexity index is 893. The van der Waals surface area contributed by atoms with Crippen molar-refractivity contribution in [2.45, 2.75) is 37.8 Å². The Hall–Kier alpha value is -2.32. The van der Waals surface area contributed by atoms with Crippen LogP contribution >= 0.6 is 0 Å². The van der Waals surface area contributed by atoms with Crippen LogP contribution in [0.3, 0.4) is 0 Å². The van der Waals surface area contributed by atoms with Crippen molar-refractivity contribution < 1.29 is 49.8 Å². The van der Waals surface area contributed by atoms with Crippen molar-refractivity contribution >= 4 is 29.1 Å². The van der Waals surface area contributed by atoms with E-state index in [0.717, 1.165) is 6.26 Å². The van der Waals surface area contributed by atoms with Gasteiger partial charge in [-0.25, -0.2) is 8.98 Å². The summed E-state index contributed by atoms with van der Waals surface area (Å²) in [7, 11) is -5.38. The van der Waals surface area contributed by atoms with Gasteiger partial charge in [-0.2, -0.15) is 21.6 Å². The van der Waals surface area contributed by atoms with Gasteiger partial charge in [-0.1, -0.05) is 12.1 Å². The van der Waals surface area contributed by atoms with E-state index in [1.807, 2.05) is 0 Å². The molecule has 0 radical (unpaired) electrons. The van der Waals surface area contributed by atoms with Crippen molar-refractivity contribution in [3.63, 3.8) is 0 Å². The standard InChI is InChI=1S/C16H19BF3NO8S/c1-30(25,26)28-9-27-15(23)11-5-2-4-10-8-12(17(24)29-14(10)11)21-13(22)6-3-7-16(18,19)20/h2,4-5,12,24H,3,6-9H2,1H3,(H,21,22)/t12-/m0/s1. The van der Waals surface area contributed by atoms with Crippen LogP contribution in [0.5, 0.6) is 5.75 Å². The molecule has 166 valence electrons. The van der Waals surface area contributed by atoms with E-state index < -0.39 is 54.4 Å². The summed E-state index contributed by atoms with van der Waals surface area (Å²) in [4.78, 5) is 24.0. The molecular weight excluding hydrogens is 434 g/mol. The first-order valence-electron chi connectivity index (χ1n) is 8.70. The number of hydrogen-bond acceptors (Lipinski definition) is 8.